The van der Waals surface area contributed by atoms with Gasteiger partial charge in [-0.25, -0.2) is 0 Å². The maximum absolute atomic E-state index is 12.6. The van der Waals surface area contributed by atoms with Gasteiger partial charge in [0, 0.05) is 18.7 Å². The lowest BCUT2D eigenvalue weighted by Crippen LogP contribution is -2.19. The number of methoxy groups -OCH3 is 1. The molecule has 26 heavy (non-hydrogen) atoms. The molecule has 5 nitrogen and oxygen atoms in total. The van der Waals surface area contributed by atoms with E-state index in [1.807, 2.05) is 54.8 Å². The molecule has 3 rings (SSSR count). The molecule has 0 aliphatic rings. The molecule has 2 aromatic carbocycles. The fourth-order valence-corrected chi connectivity index (χ4v) is 3.79. The summed E-state index contributed by atoms with van der Waals surface area (Å²) in [6.45, 7) is 5.80. The molecule has 1 amide bonds. The number of aromatic nitrogens is 1. The molecule has 1 heterocycles. The third-order valence-corrected chi connectivity index (χ3v) is 5.06. The highest BCUT2D eigenvalue weighted by Gasteiger charge is 2.10. The predicted molar refractivity (Wildman–Crippen MR) is 104 cm³/mol. The molecule has 0 aliphatic carbocycles. The Morgan fingerprint density at radius 1 is 1.23 bits per heavy atom. The largest absolute Gasteiger partial charge is 0.497 e. The smallest absolute Gasteiger partial charge is 0.279 e. The van der Waals surface area contributed by atoms with Gasteiger partial charge in [-0.15, -0.1) is 0 Å². The van der Waals surface area contributed by atoms with Gasteiger partial charge in [-0.3, -0.25) is 4.79 Å². The Hall–Kier alpha value is -2.44. The minimum absolute atomic E-state index is 0.239. The van der Waals surface area contributed by atoms with Gasteiger partial charge in [0.25, 0.3) is 5.91 Å². The Morgan fingerprint density at radius 3 is 2.81 bits per heavy atom. The maximum Gasteiger partial charge on any atom is 0.279 e. The monoisotopic (exact) mass is 370 g/mol. The number of rotatable bonds is 6. The molecule has 136 valence electrons. The number of thiazole rings is 1. The van der Waals surface area contributed by atoms with Crippen LogP contribution in [0.5, 0.6) is 5.75 Å². The van der Waals surface area contributed by atoms with Crippen LogP contribution < -0.4 is 9.54 Å². The molecule has 0 fully saturated rings. The summed E-state index contributed by atoms with van der Waals surface area (Å²) in [5.74, 6) is 0.546. The number of benzene rings is 2. The van der Waals surface area contributed by atoms with E-state index in [9.17, 15) is 4.79 Å². The van der Waals surface area contributed by atoms with Crippen molar-refractivity contribution >= 4 is 27.5 Å². The number of amides is 1. The molecule has 0 saturated heterocycles. The van der Waals surface area contributed by atoms with Crippen molar-refractivity contribution in [1.29, 1.82) is 0 Å². The average molecular weight is 370 g/mol. The average Bonchev–Trinajstić information content (AvgIpc) is 2.98. The van der Waals surface area contributed by atoms with E-state index in [2.05, 4.69) is 4.99 Å². The van der Waals surface area contributed by atoms with Crippen LogP contribution in [0.2, 0.25) is 0 Å². The predicted octanol–water partition coefficient (Wildman–Crippen LogP) is 3.80. The zero-order valence-corrected chi connectivity index (χ0v) is 16.0. The van der Waals surface area contributed by atoms with Gasteiger partial charge in [0.2, 0.25) is 0 Å². The van der Waals surface area contributed by atoms with Crippen LogP contribution in [0.3, 0.4) is 0 Å². The van der Waals surface area contributed by atoms with Crippen molar-refractivity contribution < 1.29 is 14.3 Å². The first-order valence-corrected chi connectivity index (χ1v) is 9.35. The minimum atomic E-state index is -0.239. The van der Waals surface area contributed by atoms with E-state index in [1.165, 1.54) is 11.3 Å². The number of hydrogen-bond acceptors (Lipinski definition) is 4. The number of fused-ring (bicyclic) bond motifs is 1. The molecule has 0 radical (unpaired) electrons. The Labute approximate surface area is 156 Å². The third kappa shape index (κ3) is 4.03. The highest BCUT2D eigenvalue weighted by molar-refractivity contribution is 7.16. The molecular formula is C20H22N2O3S. The second-order valence-electron chi connectivity index (χ2n) is 5.85. The number of carbonyl (C=O) groups is 1. The van der Waals surface area contributed by atoms with E-state index in [-0.39, 0.29) is 5.91 Å². The molecule has 0 bridgehead atoms. The second-order valence-corrected chi connectivity index (χ2v) is 6.86. The molecule has 0 spiro atoms. The van der Waals surface area contributed by atoms with Crippen LogP contribution in [0.25, 0.3) is 10.2 Å². The summed E-state index contributed by atoms with van der Waals surface area (Å²) in [6.07, 6.45) is 0. The SMILES string of the molecule is CCOCCn1c(=NC(=O)c2cccc(C)c2)sc2cc(OC)ccc21. The molecule has 1 aromatic heterocycles. The summed E-state index contributed by atoms with van der Waals surface area (Å²) in [7, 11) is 1.64. The molecule has 0 saturated carbocycles. The van der Waals surface area contributed by atoms with E-state index >= 15 is 0 Å². The van der Waals surface area contributed by atoms with Crippen LogP contribution in [-0.2, 0) is 11.3 Å². The summed E-state index contributed by atoms with van der Waals surface area (Å²) >= 11 is 1.48. The highest BCUT2D eigenvalue weighted by atomic mass is 32.1. The van der Waals surface area contributed by atoms with Gasteiger partial charge < -0.3 is 14.0 Å². The van der Waals surface area contributed by atoms with E-state index < -0.39 is 0 Å². The van der Waals surface area contributed by atoms with Crippen molar-refractivity contribution in [3.8, 4) is 5.75 Å². The zero-order valence-electron chi connectivity index (χ0n) is 15.2. The van der Waals surface area contributed by atoms with E-state index in [4.69, 9.17) is 9.47 Å². The van der Waals surface area contributed by atoms with Crippen LogP contribution in [0.4, 0.5) is 0 Å². The molecule has 0 aliphatic heterocycles. The van der Waals surface area contributed by atoms with Gasteiger partial charge in [0.05, 0.1) is 23.9 Å². The lowest BCUT2D eigenvalue weighted by molar-refractivity contribution is 0.0996. The summed E-state index contributed by atoms with van der Waals surface area (Å²) in [6, 6.07) is 13.4. The molecular weight excluding hydrogens is 348 g/mol. The summed E-state index contributed by atoms with van der Waals surface area (Å²) in [4.78, 5) is 17.7. The summed E-state index contributed by atoms with van der Waals surface area (Å²) in [5, 5.41) is 0. The lowest BCUT2D eigenvalue weighted by atomic mass is 10.1. The van der Waals surface area contributed by atoms with Gasteiger partial charge >= 0.3 is 0 Å². The Bertz CT molecular complexity index is 988. The Balaban J connectivity index is 2.07. The summed E-state index contributed by atoms with van der Waals surface area (Å²) in [5.41, 5.74) is 2.65. The van der Waals surface area contributed by atoms with Crippen LogP contribution in [0.1, 0.15) is 22.8 Å². The number of nitrogens with zero attached hydrogens (tertiary/aromatic N) is 2. The van der Waals surface area contributed by atoms with Gasteiger partial charge in [-0.2, -0.15) is 4.99 Å². The van der Waals surface area contributed by atoms with E-state index in [0.717, 1.165) is 21.5 Å². The van der Waals surface area contributed by atoms with E-state index in [1.54, 1.807) is 13.2 Å². The van der Waals surface area contributed by atoms with Crippen LogP contribution in [0.15, 0.2) is 47.5 Å². The van der Waals surface area contributed by atoms with Crippen molar-refractivity contribution in [2.45, 2.75) is 20.4 Å². The molecule has 3 aromatic rings. The van der Waals surface area contributed by atoms with Gasteiger partial charge in [-0.05, 0) is 44.2 Å². The quantitative estimate of drug-likeness (QED) is 0.620. The Morgan fingerprint density at radius 2 is 2.08 bits per heavy atom. The van der Waals surface area contributed by atoms with Crippen LogP contribution in [-0.4, -0.2) is 30.8 Å². The molecule has 6 heteroatoms. The first-order chi connectivity index (χ1) is 12.6. The van der Waals surface area contributed by atoms with Crippen molar-refractivity contribution in [2.75, 3.05) is 20.3 Å². The third-order valence-electron chi connectivity index (χ3n) is 4.02. The van der Waals surface area contributed by atoms with Crippen LogP contribution >= 0.6 is 11.3 Å². The Kier molecular flexibility index (Phi) is 5.85. The van der Waals surface area contributed by atoms with E-state index in [0.29, 0.717) is 30.1 Å². The van der Waals surface area contributed by atoms with Crippen molar-refractivity contribution in [2.24, 2.45) is 4.99 Å². The fraction of sp³-hybridized carbons (Fsp3) is 0.300. The fourth-order valence-electron chi connectivity index (χ4n) is 2.71. The van der Waals surface area contributed by atoms with Gasteiger partial charge in [0.1, 0.15) is 5.75 Å². The van der Waals surface area contributed by atoms with Gasteiger partial charge in [0.15, 0.2) is 4.80 Å². The molecule has 0 unspecified atom stereocenters. The standard InChI is InChI=1S/C20H22N2O3S/c1-4-25-11-10-22-17-9-8-16(24-3)13-18(17)26-20(22)21-19(23)15-7-5-6-14(2)12-15/h5-9,12-13H,4,10-11H2,1-3H3. The highest BCUT2D eigenvalue weighted by Crippen LogP contribution is 2.23. The summed E-state index contributed by atoms with van der Waals surface area (Å²) < 4.78 is 13.9. The van der Waals surface area contributed by atoms with Gasteiger partial charge in [-0.1, -0.05) is 29.0 Å². The number of ether oxygens (including phenoxy) is 2. The zero-order chi connectivity index (χ0) is 18.5. The molecule has 0 atom stereocenters. The van der Waals surface area contributed by atoms with Crippen molar-refractivity contribution in [3.05, 3.63) is 58.4 Å². The molecule has 0 N–H and O–H groups in total. The first kappa shape index (κ1) is 18.4. The minimum Gasteiger partial charge on any atom is -0.497 e. The van der Waals surface area contributed by atoms with Crippen molar-refractivity contribution in [3.63, 3.8) is 0 Å². The number of hydrogen-bond donors (Lipinski definition) is 0. The first-order valence-electron chi connectivity index (χ1n) is 8.53. The maximum atomic E-state index is 12.6. The normalized spacial score (nSPS) is 11.9. The number of aryl methyl sites for hydroxylation is 1. The van der Waals surface area contributed by atoms with Crippen LogP contribution in [0, 0.1) is 6.92 Å². The lowest BCUT2D eigenvalue weighted by Gasteiger charge is -2.06. The number of carbonyl (C=O) groups excluding carboxylic acids is 1. The van der Waals surface area contributed by atoms with Crippen molar-refractivity contribution in [1.82, 2.24) is 4.57 Å². The second kappa shape index (κ2) is 8.29. The topological polar surface area (TPSA) is 52.8 Å².